The van der Waals surface area contributed by atoms with Crippen LogP contribution in [0.15, 0.2) is 24.3 Å². The maximum absolute atomic E-state index is 6.06. The fourth-order valence-corrected chi connectivity index (χ4v) is 1.52. The minimum absolute atomic E-state index is 0.116. The molecule has 0 saturated carbocycles. The number of benzene rings is 1. The van der Waals surface area contributed by atoms with Crippen LogP contribution >= 0.6 is 0 Å². The van der Waals surface area contributed by atoms with Gasteiger partial charge in [0.05, 0.1) is 7.11 Å². The topological polar surface area (TPSA) is 35.2 Å². The van der Waals surface area contributed by atoms with Gasteiger partial charge in [0.25, 0.3) is 0 Å². The van der Waals surface area contributed by atoms with Crippen molar-refractivity contribution in [2.75, 3.05) is 7.11 Å². The summed E-state index contributed by atoms with van der Waals surface area (Å²) >= 11 is 0. The van der Waals surface area contributed by atoms with Crippen LogP contribution in [0.1, 0.15) is 31.9 Å². The molecular weight excluding hydrogens is 174 g/mol. The first-order chi connectivity index (χ1) is 6.63. The molecule has 78 valence electrons. The van der Waals surface area contributed by atoms with E-state index in [1.54, 1.807) is 7.11 Å². The molecule has 0 unspecified atom stereocenters. The van der Waals surface area contributed by atoms with E-state index in [9.17, 15) is 0 Å². The van der Waals surface area contributed by atoms with Crippen molar-refractivity contribution in [2.45, 2.75) is 26.3 Å². The second kappa shape index (κ2) is 5.01. The number of ether oxygens (including phenoxy) is 1. The first-order valence-corrected chi connectivity index (χ1v) is 5.03. The molecule has 0 bridgehead atoms. The van der Waals surface area contributed by atoms with Crippen LogP contribution in [0, 0.1) is 5.92 Å². The SMILES string of the molecule is COc1cccc([C@@H](N)CC(C)C)c1. The Morgan fingerprint density at radius 1 is 1.36 bits per heavy atom. The molecule has 2 nitrogen and oxygen atoms in total. The van der Waals surface area contributed by atoms with Gasteiger partial charge in [-0.3, -0.25) is 0 Å². The molecule has 1 aromatic carbocycles. The van der Waals surface area contributed by atoms with E-state index in [4.69, 9.17) is 10.5 Å². The molecule has 0 aliphatic heterocycles. The summed E-state index contributed by atoms with van der Waals surface area (Å²) in [5, 5.41) is 0. The van der Waals surface area contributed by atoms with Crippen LogP contribution < -0.4 is 10.5 Å². The predicted molar refractivity (Wildman–Crippen MR) is 59.4 cm³/mol. The third-order valence-corrected chi connectivity index (χ3v) is 2.25. The highest BCUT2D eigenvalue weighted by molar-refractivity contribution is 5.30. The van der Waals surface area contributed by atoms with Gasteiger partial charge in [-0.1, -0.05) is 26.0 Å². The highest BCUT2D eigenvalue weighted by Crippen LogP contribution is 2.22. The molecule has 0 amide bonds. The molecule has 14 heavy (non-hydrogen) atoms. The summed E-state index contributed by atoms with van der Waals surface area (Å²) in [6.45, 7) is 4.36. The molecule has 2 heteroatoms. The molecule has 0 heterocycles. The fraction of sp³-hybridized carbons (Fsp3) is 0.500. The van der Waals surface area contributed by atoms with Crippen LogP contribution in [0.5, 0.6) is 5.75 Å². The molecule has 0 fully saturated rings. The molecule has 0 aliphatic carbocycles. The van der Waals surface area contributed by atoms with Gasteiger partial charge in [0, 0.05) is 6.04 Å². The smallest absolute Gasteiger partial charge is 0.119 e. The van der Waals surface area contributed by atoms with Gasteiger partial charge in [-0.05, 0) is 30.0 Å². The average Bonchev–Trinajstić information content (AvgIpc) is 2.17. The van der Waals surface area contributed by atoms with E-state index < -0.39 is 0 Å². The molecule has 1 atom stereocenters. The van der Waals surface area contributed by atoms with Gasteiger partial charge in [-0.2, -0.15) is 0 Å². The van der Waals surface area contributed by atoms with Gasteiger partial charge >= 0.3 is 0 Å². The largest absolute Gasteiger partial charge is 0.497 e. The van der Waals surface area contributed by atoms with E-state index in [0.29, 0.717) is 5.92 Å². The molecule has 0 aliphatic rings. The summed E-state index contributed by atoms with van der Waals surface area (Å²) in [5.74, 6) is 1.50. The molecule has 1 aromatic rings. The van der Waals surface area contributed by atoms with Crippen molar-refractivity contribution in [3.05, 3.63) is 29.8 Å². The van der Waals surface area contributed by atoms with E-state index in [-0.39, 0.29) is 6.04 Å². The first kappa shape index (κ1) is 11.1. The van der Waals surface area contributed by atoms with E-state index in [1.165, 1.54) is 0 Å². The number of hydrogen-bond acceptors (Lipinski definition) is 2. The quantitative estimate of drug-likeness (QED) is 0.798. The fourth-order valence-electron chi connectivity index (χ4n) is 1.52. The standard InChI is InChI=1S/C12H19NO/c1-9(2)7-12(13)10-5-4-6-11(8-10)14-3/h4-6,8-9,12H,7,13H2,1-3H3/t12-/m0/s1. The average molecular weight is 193 g/mol. The van der Waals surface area contributed by atoms with Crippen LogP contribution in [0.2, 0.25) is 0 Å². The molecule has 0 radical (unpaired) electrons. The Balaban J connectivity index is 2.73. The molecule has 0 aromatic heterocycles. The summed E-state index contributed by atoms with van der Waals surface area (Å²) < 4.78 is 5.15. The van der Waals surface area contributed by atoms with Crippen LogP contribution in [0.4, 0.5) is 0 Å². The molecule has 0 spiro atoms. The lowest BCUT2D eigenvalue weighted by molar-refractivity contribution is 0.413. The normalized spacial score (nSPS) is 12.9. The second-order valence-electron chi connectivity index (χ2n) is 4.01. The summed E-state index contributed by atoms with van der Waals surface area (Å²) in [7, 11) is 1.67. The van der Waals surface area contributed by atoms with Crippen molar-refractivity contribution in [1.82, 2.24) is 0 Å². The predicted octanol–water partition coefficient (Wildman–Crippen LogP) is 2.74. The van der Waals surface area contributed by atoms with Gasteiger partial charge < -0.3 is 10.5 Å². The monoisotopic (exact) mass is 193 g/mol. The van der Waals surface area contributed by atoms with Gasteiger partial charge in [0.2, 0.25) is 0 Å². The van der Waals surface area contributed by atoms with Crippen molar-refractivity contribution >= 4 is 0 Å². The minimum Gasteiger partial charge on any atom is -0.497 e. The van der Waals surface area contributed by atoms with Crippen LogP contribution in [0.3, 0.4) is 0 Å². The Morgan fingerprint density at radius 2 is 2.07 bits per heavy atom. The Bertz CT molecular complexity index is 283. The lowest BCUT2D eigenvalue weighted by atomic mass is 9.98. The van der Waals surface area contributed by atoms with Gasteiger partial charge in [0.1, 0.15) is 5.75 Å². The van der Waals surface area contributed by atoms with E-state index in [0.717, 1.165) is 17.7 Å². The zero-order chi connectivity index (χ0) is 10.6. The minimum atomic E-state index is 0.116. The van der Waals surface area contributed by atoms with E-state index >= 15 is 0 Å². The highest BCUT2D eigenvalue weighted by Gasteiger charge is 2.08. The van der Waals surface area contributed by atoms with E-state index in [2.05, 4.69) is 19.9 Å². The Kier molecular flexibility index (Phi) is 3.96. The van der Waals surface area contributed by atoms with Crippen molar-refractivity contribution in [3.63, 3.8) is 0 Å². The zero-order valence-corrected chi connectivity index (χ0v) is 9.16. The summed E-state index contributed by atoms with van der Waals surface area (Å²) in [6.07, 6.45) is 1.01. The molecule has 0 saturated heterocycles. The second-order valence-corrected chi connectivity index (χ2v) is 4.01. The number of hydrogen-bond donors (Lipinski definition) is 1. The van der Waals surface area contributed by atoms with Gasteiger partial charge in [-0.15, -0.1) is 0 Å². The summed E-state index contributed by atoms with van der Waals surface area (Å²) in [6, 6.07) is 8.09. The Hall–Kier alpha value is -1.02. The molecule has 2 N–H and O–H groups in total. The Labute approximate surface area is 86.1 Å². The number of rotatable bonds is 4. The lowest BCUT2D eigenvalue weighted by Gasteiger charge is -2.15. The van der Waals surface area contributed by atoms with Crippen molar-refractivity contribution in [1.29, 1.82) is 0 Å². The third kappa shape index (κ3) is 3.04. The van der Waals surface area contributed by atoms with E-state index in [1.807, 2.05) is 18.2 Å². The van der Waals surface area contributed by atoms with Gasteiger partial charge in [0.15, 0.2) is 0 Å². The maximum atomic E-state index is 6.06. The first-order valence-electron chi connectivity index (χ1n) is 5.03. The van der Waals surface area contributed by atoms with Crippen LogP contribution in [0.25, 0.3) is 0 Å². The van der Waals surface area contributed by atoms with Crippen LogP contribution in [-0.2, 0) is 0 Å². The third-order valence-electron chi connectivity index (χ3n) is 2.25. The Morgan fingerprint density at radius 3 is 2.64 bits per heavy atom. The van der Waals surface area contributed by atoms with Crippen molar-refractivity contribution in [3.8, 4) is 5.75 Å². The van der Waals surface area contributed by atoms with Crippen molar-refractivity contribution < 1.29 is 4.74 Å². The van der Waals surface area contributed by atoms with Crippen molar-refractivity contribution in [2.24, 2.45) is 11.7 Å². The molecule has 1 rings (SSSR count). The number of nitrogens with two attached hydrogens (primary N) is 1. The molecular formula is C12H19NO. The van der Waals surface area contributed by atoms with Gasteiger partial charge in [-0.25, -0.2) is 0 Å². The summed E-state index contributed by atoms with van der Waals surface area (Å²) in [4.78, 5) is 0. The van der Waals surface area contributed by atoms with Crippen LogP contribution in [-0.4, -0.2) is 7.11 Å². The highest BCUT2D eigenvalue weighted by atomic mass is 16.5. The maximum Gasteiger partial charge on any atom is 0.119 e. The zero-order valence-electron chi connectivity index (χ0n) is 9.16. The lowest BCUT2D eigenvalue weighted by Crippen LogP contribution is -2.12. The number of methoxy groups -OCH3 is 1. The summed E-state index contributed by atoms with van der Waals surface area (Å²) in [5.41, 5.74) is 7.21.